The molecule has 1 amide bonds. The van der Waals surface area contributed by atoms with Crippen molar-refractivity contribution in [3.05, 3.63) is 60.7 Å². The third kappa shape index (κ3) is 2.69. The fraction of sp³-hybridized carbons (Fsp3) is 0.312. The van der Waals surface area contributed by atoms with E-state index in [1.165, 1.54) is 12.2 Å². The Kier molecular flexibility index (Phi) is 4.74. The zero-order chi connectivity index (χ0) is 18.2. The molecule has 0 saturated carbocycles. The second kappa shape index (κ2) is 6.18. The van der Waals surface area contributed by atoms with Gasteiger partial charge in [-0.3, -0.25) is 4.79 Å². The third-order valence-corrected chi connectivity index (χ3v) is 7.46. The Morgan fingerprint density at radius 2 is 1.92 bits per heavy atom. The van der Waals surface area contributed by atoms with E-state index in [-0.39, 0.29) is 18.7 Å². The van der Waals surface area contributed by atoms with Crippen molar-refractivity contribution >= 4 is 25.8 Å². The van der Waals surface area contributed by atoms with E-state index in [1.807, 2.05) is 0 Å². The van der Waals surface area contributed by atoms with E-state index in [9.17, 15) is 21.6 Å². The van der Waals surface area contributed by atoms with Gasteiger partial charge < -0.3 is 0 Å². The Morgan fingerprint density at radius 3 is 2.46 bits per heavy atom. The molecule has 24 heavy (non-hydrogen) atoms. The zero-order valence-corrected chi connectivity index (χ0v) is 14.9. The molecule has 1 aliphatic rings. The van der Waals surface area contributed by atoms with Gasteiger partial charge in [0.25, 0.3) is 5.91 Å². The minimum atomic E-state index is -3.96. The van der Waals surface area contributed by atoms with Crippen molar-refractivity contribution in [3.8, 4) is 0 Å². The maximum atomic E-state index is 13.1. The molecule has 1 atom stereocenters. The molecule has 0 fully saturated rings. The van der Waals surface area contributed by atoms with Gasteiger partial charge in [0.05, 0.1) is 18.6 Å². The van der Waals surface area contributed by atoms with Gasteiger partial charge in [-0.15, -0.1) is 13.2 Å². The predicted octanol–water partition coefficient (Wildman–Crippen LogP) is 1.36. The number of amides is 1. The molecule has 1 heterocycles. The molecule has 0 aromatic heterocycles. The predicted molar refractivity (Wildman–Crippen MR) is 92.3 cm³/mol. The van der Waals surface area contributed by atoms with Crippen LogP contribution in [0, 0.1) is 0 Å². The number of carbonyl (C=O) groups is 1. The minimum Gasteiger partial charge on any atom is -0.272 e. The summed E-state index contributed by atoms with van der Waals surface area (Å²) in [5.41, 5.74) is 0.812. The van der Waals surface area contributed by atoms with Crippen molar-refractivity contribution < 1.29 is 21.6 Å². The maximum absolute atomic E-state index is 13.1. The summed E-state index contributed by atoms with van der Waals surface area (Å²) in [6.07, 6.45) is 3.23. The molecule has 1 aromatic carbocycles. The fourth-order valence-corrected chi connectivity index (χ4v) is 6.08. The first kappa shape index (κ1) is 18.4. The Balaban J connectivity index is 2.78. The second-order valence-electron chi connectivity index (χ2n) is 5.62. The van der Waals surface area contributed by atoms with Crippen molar-refractivity contribution in [2.24, 2.45) is 0 Å². The van der Waals surface area contributed by atoms with Gasteiger partial charge in [0.2, 0.25) is 10.0 Å². The quantitative estimate of drug-likeness (QED) is 0.707. The average molecular weight is 369 g/mol. The summed E-state index contributed by atoms with van der Waals surface area (Å²) in [4.78, 5) is 13.1. The Bertz CT molecular complexity index is 902. The van der Waals surface area contributed by atoms with Crippen LogP contribution < -0.4 is 0 Å². The van der Waals surface area contributed by atoms with Crippen molar-refractivity contribution in [1.29, 1.82) is 0 Å². The van der Waals surface area contributed by atoms with E-state index in [1.54, 1.807) is 24.3 Å². The lowest BCUT2D eigenvalue weighted by Crippen LogP contribution is -2.51. The summed E-state index contributed by atoms with van der Waals surface area (Å²) >= 11 is 0. The largest absolute Gasteiger partial charge is 0.272 e. The van der Waals surface area contributed by atoms with E-state index in [0.29, 0.717) is 15.4 Å². The van der Waals surface area contributed by atoms with E-state index >= 15 is 0 Å². The highest BCUT2D eigenvalue weighted by molar-refractivity contribution is 7.93. The highest BCUT2D eigenvalue weighted by atomic mass is 32.2. The first-order chi connectivity index (χ1) is 11.1. The van der Waals surface area contributed by atoms with Crippen LogP contribution in [0.2, 0.25) is 0 Å². The van der Waals surface area contributed by atoms with E-state index in [2.05, 4.69) is 13.2 Å². The van der Waals surface area contributed by atoms with E-state index in [4.69, 9.17) is 0 Å². The van der Waals surface area contributed by atoms with Crippen LogP contribution in [-0.4, -0.2) is 39.8 Å². The van der Waals surface area contributed by atoms with Gasteiger partial charge in [-0.05, 0) is 17.5 Å². The number of nitrogens with zero attached hydrogens (tertiary/aromatic N) is 1. The van der Waals surface area contributed by atoms with Gasteiger partial charge in [-0.2, -0.15) is 0 Å². The van der Waals surface area contributed by atoms with Crippen LogP contribution >= 0.6 is 0 Å². The van der Waals surface area contributed by atoms with Crippen LogP contribution in [0.25, 0.3) is 0 Å². The first-order valence-corrected chi connectivity index (χ1v) is 10.7. The summed E-state index contributed by atoms with van der Waals surface area (Å²) in [5, 5.41) is 0. The lowest BCUT2D eigenvalue weighted by atomic mass is 9.90. The molecule has 2 rings (SSSR count). The highest BCUT2D eigenvalue weighted by Crippen LogP contribution is 2.46. The first-order valence-electron chi connectivity index (χ1n) is 7.16. The van der Waals surface area contributed by atoms with Crippen LogP contribution in [0.3, 0.4) is 0 Å². The van der Waals surface area contributed by atoms with E-state index in [0.717, 1.165) is 6.26 Å². The summed E-state index contributed by atoms with van der Waals surface area (Å²) < 4.78 is 48.4. The number of sulfone groups is 1. The Morgan fingerprint density at radius 1 is 1.29 bits per heavy atom. The third-order valence-electron chi connectivity index (χ3n) is 4.03. The molecule has 8 heteroatoms. The monoisotopic (exact) mass is 369 g/mol. The zero-order valence-electron chi connectivity index (χ0n) is 13.3. The number of sulfonamides is 1. The summed E-state index contributed by atoms with van der Waals surface area (Å²) in [5.74, 6) is -1.30. The Hall–Kier alpha value is -1.93. The fourth-order valence-electron chi connectivity index (χ4n) is 3.00. The van der Waals surface area contributed by atoms with Gasteiger partial charge in [0, 0.05) is 0 Å². The average Bonchev–Trinajstić information content (AvgIpc) is 2.71. The number of allylic oxidation sites excluding steroid dienone is 1. The molecule has 0 aliphatic carbocycles. The standard InChI is InChI=1S/C16H19NO5S2/c1-4-10-16(15(18)17(11-5-2)23(3,19)20)14-9-7-6-8-13(14)12-24(16,21)22/h4-9H,1-2,10-12H2,3H3. The molecule has 1 unspecified atom stereocenters. The number of fused-ring (bicyclic) bond motifs is 1. The number of hydrogen-bond donors (Lipinski definition) is 0. The van der Waals surface area contributed by atoms with Gasteiger partial charge in [0.15, 0.2) is 14.6 Å². The smallest absolute Gasteiger partial charge is 0.262 e. The molecule has 0 N–H and O–H groups in total. The van der Waals surface area contributed by atoms with Gasteiger partial charge in [-0.25, -0.2) is 21.1 Å². The summed E-state index contributed by atoms with van der Waals surface area (Å²) in [7, 11) is -7.91. The minimum absolute atomic E-state index is 0.200. The molecule has 0 bridgehead atoms. The van der Waals surface area contributed by atoms with Crippen molar-refractivity contribution in [3.63, 3.8) is 0 Å². The van der Waals surface area contributed by atoms with E-state index < -0.39 is 30.5 Å². The number of hydrogen-bond acceptors (Lipinski definition) is 5. The molecule has 1 aromatic rings. The maximum Gasteiger partial charge on any atom is 0.262 e. The lowest BCUT2D eigenvalue weighted by molar-refractivity contribution is -0.129. The molecular formula is C16H19NO5S2. The molecule has 0 radical (unpaired) electrons. The van der Waals surface area contributed by atoms with Crippen LogP contribution in [0.15, 0.2) is 49.6 Å². The number of benzene rings is 1. The molecule has 1 aliphatic heterocycles. The van der Waals surface area contributed by atoms with Crippen molar-refractivity contribution in [1.82, 2.24) is 4.31 Å². The Labute approximate surface area is 142 Å². The lowest BCUT2D eigenvalue weighted by Gasteiger charge is -2.32. The van der Waals surface area contributed by atoms with Gasteiger partial charge in [0.1, 0.15) is 0 Å². The summed E-state index contributed by atoms with van der Waals surface area (Å²) in [6.45, 7) is 6.70. The van der Waals surface area contributed by atoms with Crippen molar-refractivity contribution in [2.75, 3.05) is 12.8 Å². The van der Waals surface area contributed by atoms with Crippen molar-refractivity contribution in [2.45, 2.75) is 16.9 Å². The van der Waals surface area contributed by atoms with Crippen LogP contribution in [0.5, 0.6) is 0 Å². The van der Waals surface area contributed by atoms with Gasteiger partial charge in [-0.1, -0.05) is 36.4 Å². The summed E-state index contributed by atoms with van der Waals surface area (Å²) in [6, 6.07) is 6.49. The molecule has 6 nitrogen and oxygen atoms in total. The molecule has 0 spiro atoms. The normalized spacial score (nSPS) is 21.7. The van der Waals surface area contributed by atoms with Crippen LogP contribution in [-0.2, 0) is 35.2 Å². The molecule has 0 saturated heterocycles. The number of rotatable bonds is 6. The SMILES string of the molecule is C=CCN(C(=O)C1(CC=C)c2ccccc2CS1(=O)=O)S(C)(=O)=O. The molecular weight excluding hydrogens is 350 g/mol. The second-order valence-corrected chi connectivity index (χ2v) is 9.75. The molecule has 130 valence electrons. The van der Waals surface area contributed by atoms with Crippen LogP contribution in [0.4, 0.5) is 0 Å². The van der Waals surface area contributed by atoms with Crippen LogP contribution in [0.1, 0.15) is 17.5 Å². The number of carbonyl (C=O) groups excluding carboxylic acids is 1. The highest BCUT2D eigenvalue weighted by Gasteiger charge is 2.58. The van der Waals surface area contributed by atoms with Gasteiger partial charge >= 0.3 is 0 Å². The topological polar surface area (TPSA) is 88.6 Å².